The van der Waals surface area contributed by atoms with Crippen molar-refractivity contribution in [3.05, 3.63) is 65.2 Å². The summed E-state index contributed by atoms with van der Waals surface area (Å²) in [4.78, 5) is 12.3. The fourth-order valence-electron chi connectivity index (χ4n) is 2.45. The molecule has 2 aromatic carbocycles. The monoisotopic (exact) mass is 374 g/mol. The molecule has 0 saturated carbocycles. The molecule has 0 saturated heterocycles. The summed E-state index contributed by atoms with van der Waals surface area (Å²) in [6.07, 6.45) is 3.05. The molecular weight excluding hydrogens is 348 g/mol. The molecule has 0 fully saturated rings. The summed E-state index contributed by atoms with van der Waals surface area (Å²) < 4.78 is 27.6. The third kappa shape index (κ3) is 5.97. The van der Waals surface area contributed by atoms with Crippen molar-refractivity contribution in [2.75, 3.05) is 6.54 Å². The van der Waals surface area contributed by atoms with Gasteiger partial charge in [-0.05, 0) is 37.1 Å². The number of rotatable bonds is 9. The number of carbonyl (C=O) groups excluding carboxylic acids is 1. The van der Waals surface area contributed by atoms with Gasteiger partial charge in [-0.25, -0.2) is 13.1 Å². The van der Waals surface area contributed by atoms with Crippen molar-refractivity contribution in [3.8, 4) is 0 Å². The maximum atomic E-state index is 12.5. The van der Waals surface area contributed by atoms with E-state index in [9.17, 15) is 13.2 Å². The Labute approximate surface area is 155 Å². The van der Waals surface area contributed by atoms with Gasteiger partial charge in [0, 0.05) is 18.7 Å². The Morgan fingerprint density at radius 2 is 1.77 bits per heavy atom. The van der Waals surface area contributed by atoms with Gasteiger partial charge in [-0.2, -0.15) is 0 Å². The highest BCUT2D eigenvalue weighted by atomic mass is 32.2. The van der Waals surface area contributed by atoms with E-state index in [1.54, 1.807) is 12.1 Å². The first kappa shape index (κ1) is 20.1. The van der Waals surface area contributed by atoms with E-state index in [0.29, 0.717) is 12.1 Å². The van der Waals surface area contributed by atoms with Gasteiger partial charge in [0.1, 0.15) is 0 Å². The van der Waals surface area contributed by atoms with E-state index in [1.807, 2.05) is 31.2 Å². The zero-order chi connectivity index (χ0) is 19.0. The van der Waals surface area contributed by atoms with Crippen LogP contribution >= 0.6 is 0 Å². The molecule has 0 heterocycles. The Kier molecular flexibility index (Phi) is 7.36. The van der Waals surface area contributed by atoms with Gasteiger partial charge in [0.15, 0.2) is 0 Å². The molecule has 6 heteroatoms. The van der Waals surface area contributed by atoms with Crippen LogP contribution in [-0.2, 0) is 16.6 Å². The lowest BCUT2D eigenvalue weighted by molar-refractivity contribution is 0.0952. The van der Waals surface area contributed by atoms with Gasteiger partial charge in [-0.15, -0.1) is 0 Å². The smallest absolute Gasteiger partial charge is 0.251 e. The van der Waals surface area contributed by atoms with Gasteiger partial charge in [0.25, 0.3) is 5.91 Å². The first-order chi connectivity index (χ1) is 12.4. The van der Waals surface area contributed by atoms with Crippen molar-refractivity contribution in [1.82, 2.24) is 10.0 Å². The highest BCUT2D eigenvalue weighted by molar-refractivity contribution is 7.89. The topological polar surface area (TPSA) is 75.3 Å². The number of aryl methyl sites for hydroxylation is 1. The lowest BCUT2D eigenvalue weighted by Gasteiger charge is -2.09. The molecule has 2 aromatic rings. The quantitative estimate of drug-likeness (QED) is 0.661. The summed E-state index contributed by atoms with van der Waals surface area (Å²) in [7, 11) is -3.68. The number of hydrogen-bond donors (Lipinski definition) is 2. The summed E-state index contributed by atoms with van der Waals surface area (Å²) in [6.45, 7) is 4.87. The van der Waals surface area contributed by atoms with Gasteiger partial charge in [0.2, 0.25) is 10.0 Å². The predicted octanol–water partition coefficient (Wildman–Crippen LogP) is 3.39. The van der Waals surface area contributed by atoms with E-state index in [1.165, 1.54) is 12.1 Å². The largest absolute Gasteiger partial charge is 0.352 e. The van der Waals surface area contributed by atoms with Crippen LogP contribution < -0.4 is 10.0 Å². The Morgan fingerprint density at radius 3 is 2.46 bits per heavy atom. The normalized spacial score (nSPS) is 11.3. The molecule has 140 valence electrons. The third-order valence-corrected chi connectivity index (χ3v) is 5.46. The van der Waals surface area contributed by atoms with Gasteiger partial charge in [-0.1, -0.05) is 55.7 Å². The Balaban J connectivity index is 2.02. The molecule has 2 N–H and O–H groups in total. The zero-order valence-electron chi connectivity index (χ0n) is 15.3. The minimum absolute atomic E-state index is 0.0887. The SMILES string of the molecule is CCCCCNC(=O)c1cccc(S(=O)(=O)NCc2ccc(C)cc2)c1. The highest BCUT2D eigenvalue weighted by Gasteiger charge is 2.16. The zero-order valence-corrected chi connectivity index (χ0v) is 16.1. The molecule has 5 nitrogen and oxygen atoms in total. The average molecular weight is 375 g/mol. The molecule has 0 unspecified atom stereocenters. The van der Waals surface area contributed by atoms with Crippen LogP contribution in [0.1, 0.15) is 47.7 Å². The van der Waals surface area contributed by atoms with Crippen LogP contribution in [0.2, 0.25) is 0 Å². The average Bonchev–Trinajstić information content (AvgIpc) is 2.65. The van der Waals surface area contributed by atoms with E-state index < -0.39 is 10.0 Å². The number of benzene rings is 2. The number of nitrogens with one attached hydrogen (secondary N) is 2. The Hall–Kier alpha value is -2.18. The highest BCUT2D eigenvalue weighted by Crippen LogP contribution is 2.13. The lowest BCUT2D eigenvalue weighted by Crippen LogP contribution is -2.26. The second-order valence-electron chi connectivity index (χ2n) is 6.30. The van der Waals surface area contributed by atoms with E-state index in [2.05, 4.69) is 17.0 Å². The van der Waals surface area contributed by atoms with E-state index >= 15 is 0 Å². The van der Waals surface area contributed by atoms with Crippen LogP contribution in [0.5, 0.6) is 0 Å². The van der Waals surface area contributed by atoms with Gasteiger partial charge < -0.3 is 5.32 Å². The number of amides is 1. The van der Waals surface area contributed by atoms with Gasteiger partial charge in [0.05, 0.1) is 4.90 Å². The van der Waals surface area contributed by atoms with Crippen LogP contribution in [-0.4, -0.2) is 20.9 Å². The van der Waals surface area contributed by atoms with E-state index in [4.69, 9.17) is 0 Å². The molecule has 0 spiro atoms. The molecule has 0 aliphatic rings. The Bertz CT molecular complexity index is 830. The first-order valence-electron chi connectivity index (χ1n) is 8.86. The standard InChI is InChI=1S/C20H26N2O3S/c1-3-4-5-13-21-20(23)18-7-6-8-19(14-18)26(24,25)22-15-17-11-9-16(2)10-12-17/h6-12,14,22H,3-5,13,15H2,1-2H3,(H,21,23). The number of carbonyl (C=O) groups is 1. The second-order valence-corrected chi connectivity index (χ2v) is 8.07. The third-order valence-electron chi connectivity index (χ3n) is 4.06. The molecule has 1 amide bonds. The summed E-state index contributed by atoms with van der Waals surface area (Å²) in [6, 6.07) is 13.8. The van der Waals surface area contributed by atoms with Crippen molar-refractivity contribution in [1.29, 1.82) is 0 Å². The molecule has 0 atom stereocenters. The summed E-state index contributed by atoms with van der Waals surface area (Å²) >= 11 is 0. The van der Waals surface area contributed by atoms with E-state index in [-0.39, 0.29) is 17.3 Å². The second kappa shape index (κ2) is 9.50. The number of hydrogen-bond acceptors (Lipinski definition) is 3. The van der Waals surface area contributed by atoms with Crippen molar-refractivity contribution in [3.63, 3.8) is 0 Å². The molecular formula is C20H26N2O3S. The van der Waals surface area contributed by atoms with Crippen molar-refractivity contribution >= 4 is 15.9 Å². The van der Waals surface area contributed by atoms with Crippen LogP contribution in [0.4, 0.5) is 0 Å². The van der Waals surface area contributed by atoms with Gasteiger partial charge >= 0.3 is 0 Å². The van der Waals surface area contributed by atoms with Crippen LogP contribution in [0.15, 0.2) is 53.4 Å². The molecule has 26 heavy (non-hydrogen) atoms. The van der Waals surface area contributed by atoms with Crippen LogP contribution in [0.25, 0.3) is 0 Å². The summed E-state index contributed by atoms with van der Waals surface area (Å²) in [5, 5.41) is 2.82. The minimum atomic E-state index is -3.68. The van der Waals surface area contributed by atoms with Gasteiger partial charge in [-0.3, -0.25) is 4.79 Å². The molecule has 0 aliphatic carbocycles. The summed E-state index contributed by atoms with van der Waals surface area (Å²) in [5.74, 6) is -0.253. The maximum absolute atomic E-state index is 12.5. The Morgan fingerprint density at radius 1 is 1.04 bits per heavy atom. The maximum Gasteiger partial charge on any atom is 0.251 e. The van der Waals surface area contributed by atoms with Crippen molar-refractivity contribution in [2.24, 2.45) is 0 Å². The number of unbranched alkanes of at least 4 members (excludes halogenated alkanes) is 2. The fourth-order valence-corrected chi connectivity index (χ4v) is 3.51. The lowest BCUT2D eigenvalue weighted by atomic mass is 10.2. The number of sulfonamides is 1. The predicted molar refractivity (Wildman–Crippen MR) is 104 cm³/mol. The molecule has 0 aromatic heterocycles. The molecule has 2 rings (SSSR count). The molecule has 0 bridgehead atoms. The van der Waals surface area contributed by atoms with E-state index in [0.717, 1.165) is 30.4 Å². The van der Waals surface area contributed by atoms with Crippen molar-refractivity contribution in [2.45, 2.75) is 44.6 Å². The van der Waals surface area contributed by atoms with Crippen LogP contribution in [0.3, 0.4) is 0 Å². The first-order valence-corrected chi connectivity index (χ1v) is 10.3. The summed E-state index contributed by atoms with van der Waals surface area (Å²) in [5.41, 5.74) is 2.35. The minimum Gasteiger partial charge on any atom is -0.352 e. The molecule has 0 aliphatic heterocycles. The van der Waals surface area contributed by atoms with Crippen molar-refractivity contribution < 1.29 is 13.2 Å². The molecule has 0 radical (unpaired) electrons. The fraction of sp³-hybridized carbons (Fsp3) is 0.350. The van der Waals surface area contributed by atoms with Crippen LogP contribution in [0, 0.1) is 6.92 Å².